The Bertz CT molecular complexity index is 540. The molecule has 1 amide bonds. The highest BCUT2D eigenvalue weighted by molar-refractivity contribution is 5.79. The van der Waals surface area contributed by atoms with Crippen molar-refractivity contribution in [1.82, 2.24) is 10.2 Å². The molecule has 3 atom stereocenters. The third kappa shape index (κ3) is 3.90. The van der Waals surface area contributed by atoms with Gasteiger partial charge < -0.3 is 15.2 Å². The number of aliphatic hydroxyl groups is 1. The molecular weight excluding hydrogens is 304 g/mol. The Labute approximate surface area is 144 Å². The van der Waals surface area contributed by atoms with Gasteiger partial charge >= 0.3 is 0 Å². The molecule has 3 unspecified atom stereocenters. The van der Waals surface area contributed by atoms with E-state index in [2.05, 4.69) is 22.3 Å². The van der Waals surface area contributed by atoms with Gasteiger partial charge in [-0.05, 0) is 62.9 Å². The number of aliphatic hydroxyl groups excluding tert-OH is 1. The molecule has 2 fully saturated rings. The predicted octanol–water partition coefficient (Wildman–Crippen LogP) is 2.11. The summed E-state index contributed by atoms with van der Waals surface area (Å²) >= 11 is 0. The van der Waals surface area contributed by atoms with Gasteiger partial charge in [0.05, 0.1) is 25.2 Å². The maximum atomic E-state index is 12.4. The highest BCUT2D eigenvalue weighted by Gasteiger charge is 2.32. The summed E-state index contributed by atoms with van der Waals surface area (Å²) in [6.07, 6.45) is 4.42. The Hall–Kier alpha value is -1.59. The van der Waals surface area contributed by atoms with Crippen molar-refractivity contribution >= 4 is 5.91 Å². The minimum Gasteiger partial charge on any atom is -0.497 e. The Morgan fingerprint density at radius 3 is 2.54 bits per heavy atom. The molecule has 1 aliphatic heterocycles. The lowest BCUT2D eigenvalue weighted by molar-refractivity contribution is -0.127. The topological polar surface area (TPSA) is 61.8 Å². The van der Waals surface area contributed by atoms with Crippen molar-refractivity contribution in [1.29, 1.82) is 0 Å². The molecule has 1 aliphatic carbocycles. The van der Waals surface area contributed by atoms with Crippen LogP contribution in [0.5, 0.6) is 5.75 Å². The standard InChI is InChI=1S/C19H28N2O3/c1-24-15-9-7-14(8-10-15)17(21-11-2-3-12-21)13-20-19(23)16-5-4-6-18(16)22/h7-10,16-18,22H,2-6,11-13H2,1H3,(H,20,23). The molecular formula is C19H28N2O3. The lowest BCUT2D eigenvalue weighted by atomic mass is 10.0. The monoisotopic (exact) mass is 332 g/mol. The van der Waals surface area contributed by atoms with Crippen LogP contribution in [0.15, 0.2) is 24.3 Å². The van der Waals surface area contributed by atoms with E-state index in [0.29, 0.717) is 6.54 Å². The number of hydrogen-bond acceptors (Lipinski definition) is 4. The van der Waals surface area contributed by atoms with E-state index in [1.54, 1.807) is 7.11 Å². The normalized spacial score (nSPS) is 25.6. The molecule has 1 saturated heterocycles. The SMILES string of the molecule is COc1ccc(C(CNC(=O)C2CCCC2O)N2CCCC2)cc1. The van der Waals surface area contributed by atoms with Crippen LogP contribution in [0.1, 0.15) is 43.7 Å². The zero-order valence-electron chi connectivity index (χ0n) is 14.4. The van der Waals surface area contributed by atoms with Crippen LogP contribution in [0.2, 0.25) is 0 Å². The van der Waals surface area contributed by atoms with Gasteiger partial charge in [0.2, 0.25) is 5.91 Å². The molecule has 2 N–H and O–H groups in total. The number of rotatable bonds is 6. The average molecular weight is 332 g/mol. The summed E-state index contributed by atoms with van der Waals surface area (Å²) in [7, 11) is 1.67. The van der Waals surface area contributed by atoms with E-state index in [1.165, 1.54) is 18.4 Å². The highest BCUT2D eigenvalue weighted by atomic mass is 16.5. The molecule has 0 bridgehead atoms. The Kier molecular flexibility index (Phi) is 5.74. The van der Waals surface area contributed by atoms with Crippen LogP contribution in [0.4, 0.5) is 0 Å². The lowest BCUT2D eigenvalue weighted by Gasteiger charge is -2.29. The number of likely N-dealkylation sites (tertiary alicyclic amines) is 1. The van der Waals surface area contributed by atoms with Crippen LogP contribution in [0.3, 0.4) is 0 Å². The number of benzene rings is 1. The van der Waals surface area contributed by atoms with E-state index >= 15 is 0 Å². The fourth-order valence-electron chi connectivity index (χ4n) is 3.91. The van der Waals surface area contributed by atoms with E-state index < -0.39 is 6.10 Å². The fourth-order valence-corrected chi connectivity index (χ4v) is 3.91. The summed E-state index contributed by atoms with van der Waals surface area (Å²) in [4.78, 5) is 14.8. The second kappa shape index (κ2) is 7.99. The maximum absolute atomic E-state index is 12.4. The molecule has 132 valence electrons. The maximum Gasteiger partial charge on any atom is 0.225 e. The molecule has 0 spiro atoms. The number of nitrogens with zero attached hydrogens (tertiary/aromatic N) is 1. The lowest BCUT2D eigenvalue weighted by Crippen LogP contribution is -2.40. The third-order valence-electron chi connectivity index (χ3n) is 5.37. The van der Waals surface area contributed by atoms with E-state index in [1.807, 2.05) is 12.1 Å². The number of nitrogens with one attached hydrogen (secondary N) is 1. The number of carbonyl (C=O) groups excluding carboxylic acids is 1. The van der Waals surface area contributed by atoms with Gasteiger partial charge in [0.15, 0.2) is 0 Å². The molecule has 1 aromatic carbocycles. The van der Waals surface area contributed by atoms with Crippen molar-refractivity contribution in [2.45, 2.75) is 44.2 Å². The summed E-state index contributed by atoms with van der Waals surface area (Å²) in [5.41, 5.74) is 1.20. The summed E-state index contributed by atoms with van der Waals surface area (Å²) in [5, 5.41) is 13.0. The Morgan fingerprint density at radius 1 is 1.25 bits per heavy atom. The van der Waals surface area contributed by atoms with Crippen molar-refractivity contribution < 1.29 is 14.6 Å². The predicted molar refractivity (Wildman–Crippen MR) is 92.9 cm³/mol. The highest BCUT2D eigenvalue weighted by Crippen LogP contribution is 2.28. The minimum absolute atomic E-state index is 0.00212. The number of hydrogen-bond donors (Lipinski definition) is 2. The number of amides is 1. The van der Waals surface area contributed by atoms with Crippen molar-refractivity contribution in [2.75, 3.05) is 26.7 Å². The first-order valence-electron chi connectivity index (χ1n) is 9.03. The van der Waals surface area contributed by atoms with Crippen molar-refractivity contribution in [3.63, 3.8) is 0 Å². The van der Waals surface area contributed by atoms with Crippen molar-refractivity contribution in [3.05, 3.63) is 29.8 Å². The van der Waals surface area contributed by atoms with Gasteiger partial charge in [0.1, 0.15) is 5.75 Å². The van der Waals surface area contributed by atoms with Crippen LogP contribution in [0, 0.1) is 5.92 Å². The summed E-state index contributed by atoms with van der Waals surface area (Å²) in [5.74, 6) is 0.606. The van der Waals surface area contributed by atoms with Gasteiger partial charge in [-0.2, -0.15) is 0 Å². The van der Waals surface area contributed by atoms with Crippen LogP contribution in [-0.2, 0) is 4.79 Å². The molecule has 1 heterocycles. The minimum atomic E-state index is -0.476. The molecule has 1 aromatic rings. The second-order valence-electron chi connectivity index (χ2n) is 6.88. The first-order chi connectivity index (χ1) is 11.7. The van der Waals surface area contributed by atoms with E-state index in [0.717, 1.165) is 38.1 Å². The molecule has 5 heteroatoms. The Morgan fingerprint density at radius 2 is 1.96 bits per heavy atom. The van der Waals surface area contributed by atoms with E-state index in [-0.39, 0.29) is 17.9 Å². The van der Waals surface area contributed by atoms with Gasteiger partial charge in [-0.3, -0.25) is 9.69 Å². The molecule has 24 heavy (non-hydrogen) atoms. The number of carbonyl (C=O) groups is 1. The summed E-state index contributed by atoms with van der Waals surface area (Å²) in [6.45, 7) is 2.73. The molecule has 1 saturated carbocycles. The van der Waals surface area contributed by atoms with Gasteiger partial charge in [0.25, 0.3) is 0 Å². The zero-order chi connectivity index (χ0) is 16.9. The van der Waals surface area contributed by atoms with Gasteiger partial charge in [-0.1, -0.05) is 12.1 Å². The average Bonchev–Trinajstić information content (AvgIpc) is 3.27. The van der Waals surface area contributed by atoms with E-state index in [4.69, 9.17) is 4.74 Å². The first-order valence-corrected chi connectivity index (χ1v) is 9.03. The van der Waals surface area contributed by atoms with Crippen LogP contribution >= 0.6 is 0 Å². The van der Waals surface area contributed by atoms with E-state index in [9.17, 15) is 9.90 Å². The quantitative estimate of drug-likeness (QED) is 0.837. The Balaban J connectivity index is 1.66. The number of ether oxygens (including phenoxy) is 1. The van der Waals surface area contributed by atoms with Crippen LogP contribution < -0.4 is 10.1 Å². The largest absolute Gasteiger partial charge is 0.497 e. The smallest absolute Gasteiger partial charge is 0.225 e. The van der Waals surface area contributed by atoms with Crippen LogP contribution in [0.25, 0.3) is 0 Å². The third-order valence-corrected chi connectivity index (χ3v) is 5.37. The fraction of sp³-hybridized carbons (Fsp3) is 0.632. The first kappa shape index (κ1) is 17.2. The summed E-state index contributed by atoms with van der Waals surface area (Å²) < 4.78 is 5.24. The van der Waals surface area contributed by atoms with Crippen LogP contribution in [-0.4, -0.2) is 48.8 Å². The van der Waals surface area contributed by atoms with Crippen molar-refractivity contribution in [2.24, 2.45) is 5.92 Å². The van der Waals surface area contributed by atoms with Crippen molar-refractivity contribution in [3.8, 4) is 5.75 Å². The molecule has 3 rings (SSSR count). The molecule has 0 radical (unpaired) electrons. The molecule has 0 aromatic heterocycles. The molecule has 5 nitrogen and oxygen atoms in total. The second-order valence-corrected chi connectivity index (χ2v) is 6.88. The zero-order valence-corrected chi connectivity index (χ0v) is 14.4. The van der Waals surface area contributed by atoms with Gasteiger partial charge in [-0.25, -0.2) is 0 Å². The number of methoxy groups -OCH3 is 1. The van der Waals surface area contributed by atoms with Gasteiger partial charge in [0, 0.05) is 6.54 Å². The molecule has 2 aliphatic rings. The van der Waals surface area contributed by atoms with Gasteiger partial charge in [-0.15, -0.1) is 0 Å². The summed E-state index contributed by atoms with van der Waals surface area (Å²) in [6, 6.07) is 8.29.